The van der Waals surface area contributed by atoms with Crippen molar-refractivity contribution in [3.05, 3.63) is 29.8 Å². The Labute approximate surface area is 142 Å². The molecule has 132 valence electrons. The van der Waals surface area contributed by atoms with Crippen LogP contribution in [0.25, 0.3) is 0 Å². The molecule has 0 saturated carbocycles. The molecule has 1 heterocycles. The van der Waals surface area contributed by atoms with E-state index >= 15 is 0 Å². The average Bonchev–Trinajstić information content (AvgIpc) is 2.53. The topological polar surface area (TPSA) is 84.9 Å². The molecule has 2 rings (SSSR count). The third kappa shape index (κ3) is 5.23. The SMILES string of the molecule is CC(C)COc1ccc(C(=O)NC2(CC(=O)O)CCOCC2)cc1. The fourth-order valence-electron chi connectivity index (χ4n) is 2.68. The smallest absolute Gasteiger partial charge is 0.305 e. The molecule has 24 heavy (non-hydrogen) atoms. The number of aliphatic carboxylic acids is 1. The van der Waals surface area contributed by atoms with Crippen molar-refractivity contribution < 1.29 is 24.2 Å². The molecule has 2 N–H and O–H groups in total. The first-order valence-electron chi connectivity index (χ1n) is 8.25. The second kappa shape index (κ2) is 8.15. The number of ether oxygens (including phenoxy) is 2. The van der Waals surface area contributed by atoms with Gasteiger partial charge in [-0.05, 0) is 43.0 Å². The van der Waals surface area contributed by atoms with Gasteiger partial charge in [-0.15, -0.1) is 0 Å². The van der Waals surface area contributed by atoms with Gasteiger partial charge in [0.2, 0.25) is 0 Å². The standard InChI is InChI=1S/C18H25NO5/c1-13(2)12-24-15-5-3-14(4-6-15)17(22)19-18(11-16(20)21)7-9-23-10-8-18/h3-6,13H,7-12H2,1-2H3,(H,19,22)(H,20,21). The lowest BCUT2D eigenvalue weighted by Gasteiger charge is -2.36. The molecule has 0 spiro atoms. The second-order valence-electron chi connectivity index (χ2n) is 6.65. The quantitative estimate of drug-likeness (QED) is 0.799. The van der Waals surface area contributed by atoms with E-state index in [4.69, 9.17) is 14.6 Å². The fourth-order valence-corrected chi connectivity index (χ4v) is 2.68. The molecule has 1 saturated heterocycles. The number of hydrogen-bond acceptors (Lipinski definition) is 4. The van der Waals surface area contributed by atoms with Crippen molar-refractivity contribution in [1.82, 2.24) is 5.32 Å². The third-order valence-corrected chi connectivity index (χ3v) is 4.02. The Bertz CT molecular complexity index is 561. The van der Waals surface area contributed by atoms with Crippen molar-refractivity contribution >= 4 is 11.9 Å². The van der Waals surface area contributed by atoms with E-state index in [1.54, 1.807) is 24.3 Å². The van der Waals surface area contributed by atoms with Gasteiger partial charge in [-0.25, -0.2) is 0 Å². The lowest BCUT2D eigenvalue weighted by molar-refractivity contribution is -0.139. The van der Waals surface area contributed by atoms with E-state index in [0.29, 0.717) is 49.9 Å². The van der Waals surface area contributed by atoms with Gasteiger partial charge in [-0.3, -0.25) is 9.59 Å². The predicted molar refractivity (Wildman–Crippen MR) is 89.3 cm³/mol. The van der Waals surface area contributed by atoms with E-state index in [0.717, 1.165) is 0 Å². The van der Waals surface area contributed by atoms with Crippen LogP contribution >= 0.6 is 0 Å². The summed E-state index contributed by atoms with van der Waals surface area (Å²) in [6.07, 6.45) is 0.902. The average molecular weight is 335 g/mol. The first kappa shape index (κ1) is 18.3. The normalized spacial score (nSPS) is 16.6. The molecule has 1 amide bonds. The molecule has 0 unspecified atom stereocenters. The minimum Gasteiger partial charge on any atom is -0.493 e. The second-order valence-corrected chi connectivity index (χ2v) is 6.65. The number of nitrogens with one attached hydrogen (secondary N) is 1. The maximum atomic E-state index is 12.5. The van der Waals surface area contributed by atoms with E-state index in [2.05, 4.69) is 19.2 Å². The van der Waals surface area contributed by atoms with E-state index < -0.39 is 11.5 Å². The molecule has 0 aliphatic carbocycles. The predicted octanol–water partition coefficient (Wildman–Crippen LogP) is 2.48. The largest absolute Gasteiger partial charge is 0.493 e. The van der Waals surface area contributed by atoms with Gasteiger partial charge < -0.3 is 19.9 Å². The first-order valence-corrected chi connectivity index (χ1v) is 8.25. The number of carbonyl (C=O) groups excluding carboxylic acids is 1. The zero-order valence-electron chi connectivity index (χ0n) is 14.2. The molecule has 1 fully saturated rings. The maximum absolute atomic E-state index is 12.5. The number of amides is 1. The Morgan fingerprint density at radius 1 is 1.25 bits per heavy atom. The minimum absolute atomic E-state index is 0.0995. The molecule has 1 aromatic carbocycles. The molecular formula is C18H25NO5. The van der Waals surface area contributed by atoms with Gasteiger partial charge in [0.15, 0.2) is 0 Å². The Morgan fingerprint density at radius 3 is 2.42 bits per heavy atom. The Hall–Kier alpha value is -2.08. The van der Waals surface area contributed by atoms with Crippen LogP contribution in [0.4, 0.5) is 0 Å². The summed E-state index contributed by atoms with van der Waals surface area (Å²) in [4.78, 5) is 23.6. The van der Waals surface area contributed by atoms with Crippen LogP contribution in [0, 0.1) is 5.92 Å². The van der Waals surface area contributed by atoms with Crippen LogP contribution in [-0.2, 0) is 9.53 Å². The van der Waals surface area contributed by atoms with E-state index in [1.165, 1.54) is 0 Å². The van der Waals surface area contributed by atoms with Crippen molar-refractivity contribution in [2.45, 2.75) is 38.6 Å². The first-order chi connectivity index (χ1) is 11.4. The van der Waals surface area contributed by atoms with Crippen molar-refractivity contribution in [2.24, 2.45) is 5.92 Å². The lowest BCUT2D eigenvalue weighted by Crippen LogP contribution is -2.53. The molecule has 1 aliphatic rings. The lowest BCUT2D eigenvalue weighted by atomic mass is 9.86. The molecule has 1 aromatic rings. The molecule has 1 aliphatic heterocycles. The van der Waals surface area contributed by atoms with Gasteiger partial charge in [0, 0.05) is 18.8 Å². The Morgan fingerprint density at radius 2 is 1.88 bits per heavy atom. The van der Waals surface area contributed by atoms with Crippen molar-refractivity contribution in [3.8, 4) is 5.75 Å². The van der Waals surface area contributed by atoms with E-state index in [-0.39, 0.29) is 12.3 Å². The van der Waals surface area contributed by atoms with Crippen molar-refractivity contribution in [1.29, 1.82) is 0 Å². The third-order valence-electron chi connectivity index (χ3n) is 4.02. The molecule has 0 radical (unpaired) electrons. The van der Waals surface area contributed by atoms with Gasteiger partial charge in [0.1, 0.15) is 5.75 Å². The summed E-state index contributed by atoms with van der Waals surface area (Å²) < 4.78 is 10.9. The Kier molecular flexibility index (Phi) is 6.20. The number of benzene rings is 1. The maximum Gasteiger partial charge on any atom is 0.305 e. The molecule has 0 atom stereocenters. The summed E-state index contributed by atoms with van der Waals surface area (Å²) in [5, 5.41) is 12.1. The summed E-state index contributed by atoms with van der Waals surface area (Å²) in [6.45, 7) is 5.66. The minimum atomic E-state index is -0.922. The zero-order valence-corrected chi connectivity index (χ0v) is 14.2. The number of rotatable bonds is 7. The van der Waals surface area contributed by atoms with Crippen LogP contribution in [0.2, 0.25) is 0 Å². The summed E-state index contributed by atoms with van der Waals surface area (Å²) in [5.41, 5.74) is -0.253. The number of hydrogen-bond donors (Lipinski definition) is 2. The fraction of sp³-hybridized carbons (Fsp3) is 0.556. The Balaban J connectivity index is 2.02. The van der Waals surface area contributed by atoms with Crippen molar-refractivity contribution in [3.63, 3.8) is 0 Å². The van der Waals surface area contributed by atoms with Crippen LogP contribution in [0.5, 0.6) is 5.75 Å². The van der Waals surface area contributed by atoms with Crippen LogP contribution in [0.15, 0.2) is 24.3 Å². The van der Waals surface area contributed by atoms with Gasteiger partial charge in [-0.2, -0.15) is 0 Å². The highest BCUT2D eigenvalue weighted by molar-refractivity contribution is 5.95. The molecular weight excluding hydrogens is 310 g/mol. The zero-order chi connectivity index (χ0) is 17.6. The number of carboxylic acids is 1. The summed E-state index contributed by atoms with van der Waals surface area (Å²) in [7, 11) is 0. The monoisotopic (exact) mass is 335 g/mol. The highest BCUT2D eigenvalue weighted by Gasteiger charge is 2.36. The van der Waals surface area contributed by atoms with Gasteiger partial charge in [0.05, 0.1) is 18.6 Å². The number of carboxylic acid groups (broad SMARTS) is 1. The molecule has 6 nitrogen and oxygen atoms in total. The summed E-state index contributed by atoms with van der Waals surface area (Å²) in [6, 6.07) is 6.90. The highest BCUT2D eigenvalue weighted by Crippen LogP contribution is 2.25. The van der Waals surface area contributed by atoms with E-state index in [9.17, 15) is 9.59 Å². The summed E-state index contributed by atoms with van der Waals surface area (Å²) >= 11 is 0. The van der Waals surface area contributed by atoms with Crippen LogP contribution in [0.3, 0.4) is 0 Å². The highest BCUT2D eigenvalue weighted by atomic mass is 16.5. The van der Waals surface area contributed by atoms with Crippen LogP contribution < -0.4 is 10.1 Å². The van der Waals surface area contributed by atoms with Gasteiger partial charge in [-0.1, -0.05) is 13.8 Å². The molecule has 6 heteroatoms. The summed E-state index contributed by atoms with van der Waals surface area (Å²) in [5.74, 6) is -0.0490. The van der Waals surface area contributed by atoms with E-state index in [1.807, 2.05) is 0 Å². The molecule has 0 bridgehead atoms. The molecule has 0 aromatic heterocycles. The van der Waals surface area contributed by atoms with Crippen LogP contribution in [-0.4, -0.2) is 42.3 Å². The van der Waals surface area contributed by atoms with Crippen molar-refractivity contribution in [2.75, 3.05) is 19.8 Å². The van der Waals surface area contributed by atoms with Gasteiger partial charge in [0.25, 0.3) is 5.91 Å². The van der Waals surface area contributed by atoms with Crippen LogP contribution in [0.1, 0.15) is 43.5 Å². The van der Waals surface area contributed by atoms with Gasteiger partial charge >= 0.3 is 5.97 Å². The number of carbonyl (C=O) groups is 2.